The molecule has 2 atom stereocenters. The zero-order valence-electron chi connectivity index (χ0n) is 16.7. The maximum atomic E-state index is 5.44. The van der Waals surface area contributed by atoms with Gasteiger partial charge in [-0.2, -0.15) is 0 Å². The minimum atomic E-state index is 0.197. The summed E-state index contributed by atoms with van der Waals surface area (Å²) in [5.41, 5.74) is 1.26. The fraction of sp³-hybridized carbons (Fsp3) is 0.500. The summed E-state index contributed by atoms with van der Waals surface area (Å²) in [6, 6.07) is 15.2. The van der Waals surface area contributed by atoms with Crippen LogP contribution in [0.5, 0.6) is 0 Å². The van der Waals surface area contributed by atoms with E-state index in [0.717, 1.165) is 37.8 Å². The standard InChI is InChI=1S/C22H31N5O/c1-18(19-6-3-2-4-7-19)25-22(23-10-9-21-8-5-15-28-21)24-16-20-17-26-11-13-27(20)14-12-26/h2-8,15,18,20H,9-14,16-17H2,1H3,(H2,23,24,25). The van der Waals surface area contributed by atoms with Gasteiger partial charge in [-0.3, -0.25) is 14.8 Å². The van der Waals surface area contributed by atoms with Crippen LogP contribution in [0.4, 0.5) is 0 Å². The lowest BCUT2D eigenvalue weighted by atomic mass is 10.1. The average Bonchev–Trinajstić information content (AvgIpc) is 3.27. The number of rotatable bonds is 7. The number of benzene rings is 1. The van der Waals surface area contributed by atoms with Gasteiger partial charge in [-0.25, -0.2) is 0 Å². The first-order chi connectivity index (χ1) is 13.8. The second-order valence-electron chi connectivity index (χ2n) is 7.71. The number of guanidine groups is 1. The summed E-state index contributed by atoms with van der Waals surface area (Å²) in [5.74, 6) is 1.87. The van der Waals surface area contributed by atoms with E-state index in [1.807, 2.05) is 12.1 Å². The number of piperazine rings is 3. The Morgan fingerprint density at radius 1 is 1.14 bits per heavy atom. The van der Waals surface area contributed by atoms with Gasteiger partial charge in [0, 0.05) is 51.7 Å². The number of furan rings is 1. The Balaban J connectivity index is 1.38. The van der Waals surface area contributed by atoms with Crippen LogP contribution in [0.3, 0.4) is 0 Å². The van der Waals surface area contributed by atoms with E-state index in [0.29, 0.717) is 6.04 Å². The van der Waals surface area contributed by atoms with Gasteiger partial charge < -0.3 is 15.1 Å². The molecule has 0 aliphatic carbocycles. The highest BCUT2D eigenvalue weighted by Gasteiger charge is 2.31. The van der Waals surface area contributed by atoms with Crippen molar-refractivity contribution < 1.29 is 4.42 Å². The fourth-order valence-electron chi connectivity index (χ4n) is 4.04. The molecular formula is C22H31N5O. The summed E-state index contributed by atoms with van der Waals surface area (Å²) in [6.45, 7) is 9.70. The maximum Gasteiger partial charge on any atom is 0.191 e. The van der Waals surface area contributed by atoms with Gasteiger partial charge in [0.25, 0.3) is 0 Å². The lowest BCUT2D eigenvalue weighted by Gasteiger charge is -2.47. The molecular weight excluding hydrogens is 350 g/mol. The van der Waals surface area contributed by atoms with E-state index in [1.54, 1.807) is 6.26 Å². The molecule has 3 aliphatic rings. The molecule has 0 radical (unpaired) electrons. The first kappa shape index (κ1) is 19.0. The van der Waals surface area contributed by atoms with Crippen molar-refractivity contribution in [1.82, 2.24) is 20.4 Å². The molecule has 150 valence electrons. The molecule has 5 rings (SSSR count). The smallest absolute Gasteiger partial charge is 0.191 e. The summed E-state index contributed by atoms with van der Waals surface area (Å²) < 4.78 is 5.44. The van der Waals surface area contributed by atoms with Crippen LogP contribution in [0, 0.1) is 0 Å². The van der Waals surface area contributed by atoms with E-state index >= 15 is 0 Å². The summed E-state index contributed by atoms with van der Waals surface area (Å²) in [6.07, 6.45) is 2.57. The molecule has 3 fully saturated rings. The van der Waals surface area contributed by atoms with Gasteiger partial charge in [0.15, 0.2) is 5.96 Å². The second-order valence-corrected chi connectivity index (χ2v) is 7.71. The van der Waals surface area contributed by atoms with Crippen LogP contribution in [0.15, 0.2) is 58.1 Å². The molecule has 2 bridgehead atoms. The Kier molecular flexibility index (Phi) is 6.29. The Morgan fingerprint density at radius 3 is 2.64 bits per heavy atom. The number of hydrogen-bond acceptors (Lipinski definition) is 4. The van der Waals surface area contributed by atoms with Crippen molar-refractivity contribution in [3.05, 3.63) is 60.1 Å². The summed E-state index contributed by atoms with van der Waals surface area (Å²) in [7, 11) is 0. The molecule has 1 aromatic carbocycles. The molecule has 0 saturated carbocycles. The van der Waals surface area contributed by atoms with Gasteiger partial charge in [0.05, 0.1) is 18.8 Å². The van der Waals surface area contributed by atoms with Gasteiger partial charge in [-0.05, 0) is 24.6 Å². The number of fused-ring (bicyclic) bond motifs is 3. The second kappa shape index (κ2) is 9.26. The van der Waals surface area contributed by atoms with E-state index in [-0.39, 0.29) is 6.04 Å². The van der Waals surface area contributed by atoms with Crippen molar-refractivity contribution in [3.8, 4) is 0 Å². The van der Waals surface area contributed by atoms with Crippen molar-refractivity contribution in [2.75, 3.05) is 45.8 Å². The molecule has 2 aromatic rings. The van der Waals surface area contributed by atoms with Crippen LogP contribution in [0.25, 0.3) is 0 Å². The number of nitrogens with one attached hydrogen (secondary N) is 2. The number of nitrogens with zero attached hydrogens (tertiary/aromatic N) is 3. The molecule has 3 saturated heterocycles. The van der Waals surface area contributed by atoms with Gasteiger partial charge >= 0.3 is 0 Å². The molecule has 2 N–H and O–H groups in total. The topological polar surface area (TPSA) is 56.0 Å². The van der Waals surface area contributed by atoms with E-state index in [9.17, 15) is 0 Å². The molecule has 0 amide bonds. The predicted molar refractivity (Wildman–Crippen MR) is 113 cm³/mol. The molecule has 3 aliphatic heterocycles. The van der Waals surface area contributed by atoms with Gasteiger partial charge in [-0.1, -0.05) is 30.3 Å². The summed E-state index contributed by atoms with van der Waals surface area (Å²) in [5, 5.41) is 7.06. The van der Waals surface area contributed by atoms with E-state index < -0.39 is 0 Å². The van der Waals surface area contributed by atoms with Crippen LogP contribution in [0.1, 0.15) is 24.3 Å². The van der Waals surface area contributed by atoms with Crippen molar-refractivity contribution in [1.29, 1.82) is 0 Å². The van der Waals surface area contributed by atoms with Crippen LogP contribution in [-0.4, -0.2) is 67.6 Å². The highest BCUT2D eigenvalue weighted by atomic mass is 16.3. The molecule has 6 heteroatoms. The normalized spacial score (nSPS) is 25.5. The predicted octanol–water partition coefficient (Wildman–Crippen LogP) is 2.12. The lowest BCUT2D eigenvalue weighted by Crippen LogP contribution is -2.62. The minimum absolute atomic E-state index is 0.197. The van der Waals surface area contributed by atoms with E-state index in [4.69, 9.17) is 9.41 Å². The SMILES string of the molecule is CC(NC(=NCC1CN2CCN1CC2)NCCc1ccco1)c1ccccc1. The Bertz CT molecular complexity index is 738. The number of hydrogen-bond donors (Lipinski definition) is 2. The molecule has 28 heavy (non-hydrogen) atoms. The average molecular weight is 382 g/mol. The monoisotopic (exact) mass is 381 g/mol. The lowest BCUT2D eigenvalue weighted by molar-refractivity contribution is 0.0174. The van der Waals surface area contributed by atoms with Crippen LogP contribution in [0.2, 0.25) is 0 Å². The first-order valence-electron chi connectivity index (χ1n) is 10.4. The zero-order chi connectivity index (χ0) is 19.2. The van der Waals surface area contributed by atoms with Gasteiger partial charge in [0.2, 0.25) is 0 Å². The van der Waals surface area contributed by atoms with Crippen LogP contribution in [-0.2, 0) is 6.42 Å². The maximum absolute atomic E-state index is 5.44. The summed E-state index contributed by atoms with van der Waals surface area (Å²) >= 11 is 0. The minimum Gasteiger partial charge on any atom is -0.469 e. The third-order valence-electron chi connectivity index (χ3n) is 5.75. The van der Waals surface area contributed by atoms with Crippen molar-refractivity contribution in [2.24, 2.45) is 4.99 Å². The van der Waals surface area contributed by atoms with Crippen molar-refractivity contribution >= 4 is 5.96 Å². The Morgan fingerprint density at radius 2 is 1.96 bits per heavy atom. The third-order valence-corrected chi connectivity index (χ3v) is 5.75. The van der Waals surface area contributed by atoms with Gasteiger partial charge in [-0.15, -0.1) is 0 Å². The fourth-order valence-corrected chi connectivity index (χ4v) is 4.04. The Labute approximate surface area is 167 Å². The van der Waals surface area contributed by atoms with Gasteiger partial charge in [0.1, 0.15) is 5.76 Å². The molecule has 4 heterocycles. The first-order valence-corrected chi connectivity index (χ1v) is 10.4. The summed E-state index contributed by atoms with van der Waals surface area (Å²) in [4.78, 5) is 10.1. The molecule has 1 aromatic heterocycles. The van der Waals surface area contributed by atoms with Crippen LogP contribution < -0.4 is 10.6 Å². The molecule has 2 unspecified atom stereocenters. The van der Waals surface area contributed by atoms with Crippen LogP contribution >= 0.6 is 0 Å². The number of aliphatic imine (C=N–C) groups is 1. The highest BCUT2D eigenvalue weighted by Crippen LogP contribution is 2.16. The van der Waals surface area contributed by atoms with Crippen molar-refractivity contribution in [2.45, 2.75) is 25.4 Å². The van der Waals surface area contributed by atoms with E-state index in [1.165, 1.54) is 31.7 Å². The quantitative estimate of drug-likeness (QED) is 0.568. The third kappa shape index (κ3) is 4.94. The Hall–Kier alpha value is -2.31. The largest absolute Gasteiger partial charge is 0.469 e. The highest BCUT2D eigenvalue weighted by molar-refractivity contribution is 5.80. The van der Waals surface area contributed by atoms with Crippen molar-refractivity contribution in [3.63, 3.8) is 0 Å². The van der Waals surface area contributed by atoms with E-state index in [2.05, 4.69) is 57.7 Å². The molecule has 6 nitrogen and oxygen atoms in total. The zero-order valence-corrected chi connectivity index (χ0v) is 16.7. The molecule has 0 spiro atoms.